The lowest BCUT2D eigenvalue weighted by Gasteiger charge is -2.17. The number of carbonyl (C=O) groups is 3. The zero-order valence-electron chi connectivity index (χ0n) is 14.8. The summed E-state index contributed by atoms with van der Waals surface area (Å²) in [6, 6.07) is 4.24. The third-order valence-corrected chi connectivity index (χ3v) is 4.87. The van der Waals surface area contributed by atoms with E-state index in [1.165, 1.54) is 37.0 Å². The molecule has 11 heteroatoms. The maximum Gasteiger partial charge on any atom is 0.475 e. The summed E-state index contributed by atoms with van der Waals surface area (Å²) in [7, 11) is -4.10. The van der Waals surface area contributed by atoms with Crippen molar-refractivity contribution < 1.29 is 45.8 Å². The molecule has 0 amide bonds. The first-order valence-electron chi connectivity index (χ1n) is 8.15. The molecule has 0 aliphatic carbocycles. The van der Waals surface area contributed by atoms with Crippen LogP contribution in [0.2, 0.25) is 0 Å². The van der Waals surface area contributed by atoms with Crippen LogP contribution < -0.4 is 0 Å². The molecule has 0 saturated carbocycles. The second-order valence-corrected chi connectivity index (χ2v) is 7.36. The first kappa shape index (κ1) is 20.7. The highest BCUT2D eigenvalue weighted by Crippen LogP contribution is 2.51. The molecule has 0 bridgehead atoms. The van der Waals surface area contributed by atoms with Crippen LogP contribution in [0.3, 0.4) is 0 Å². The molecule has 29 heavy (non-hydrogen) atoms. The van der Waals surface area contributed by atoms with Crippen LogP contribution in [0.15, 0.2) is 50.2 Å². The predicted molar refractivity (Wildman–Crippen MR) is 94.3 cm³/mol. The Labute approximate surface area is 163 Å². The minimum absolute atomic E-state index is 0.0832. The van der Waals surface area contributed by atoms with E-state index in [4.69, 9.17) is 26.8 Å². The molecule has 0 unspecified atom stereocenters. The number of furan rings is 3. The minimum atomic E-state index is -4.10. The standard InChI is InChI=1S/C18H15O10P/c19-4-16-1-13(7-23-16)10-26-29(22,27-11-14-2-17(5-20)24-8-14)28-12-15-3-18(6-21)25-9-15/h1-9H,10-12H2. The largest absolute Gasteiger partial charge is 0.475 e. The number of carbonyl (C=O) groups excluding carboxylic acids is 3. The van der Waals surface area contributed by atoms with E-state index in [1.807, 2.05) is 0 Å². The molecule has 0 aliphatic heterocycles. The molecule has 3 aromatic rings. The monoisotopic (exact) mass is 422 g/mol. The molecule has 0 atom stereocenters. The Morgan fingerprint density at radius 2 is 0.966 bits per heavy atom. The van der Waals surface area contributed by atoms with Crippen LogP contribution in [0.25, 0.3) is 0 Å². The third kappa shape index (κ3) is 5.72. The van der Waals surface area contributed by atoms with E-state index in [0.29, 0.717) is 35.5 Å². The van der Waals surface area contributed by atoms with Crippen LogP contribution in [-0.4, -0.2) is 18.9 Å². The Morgan fingerprint density at radius 3 is 1.21 bits per heavy atom. The van der Waals surface area contributed by atoms with Gasteiger partial charge in [-0.2, -0.15) is 0 Å². The summed E-state index contributed by atoms with van der Waals surface area (Å²) >= 11 is 0. The number of phosphoric ester groups is 1. The number of aldehydes is 3. The van der Waals surface area contributed by atoms with Crippen LogP contribution in [0, 0.1) is 0 Å². The van der Waals surface area contributed by atoms with Crippen LogP contribution in [0.1, 0.15) is 48.4 Å². The third-order valence-electron chi connectivity index (χ3n) is 3.54. The summed E-state index contributed by atoms with van der Waals surface area (Å²) in [5.74, 6) is 0.250. The fraction of sp³-hybridized carbons (Fsp3) is 0.167. The van der Waals surface area contributed by atoms with Crippen molar-refractivity contribution in [1.82, 2.24) is 0 Å². The van der Waals surface area contributed by atoms with E-state index in [0.717, 1.165) is 0 Å². The van der Waals surface area contributed by atoms with Gasteiger partial charge in [-0.25, -0.2) is 4.57 Å². The molecule has 3 heterocycles. The Hall–Kier alpha value is -3.04. The topological polar surface area (TPSA) is 135 Å². The van der Waals surface area contributed by atoms with Gasteiger partial charge < -0.3 is 13.3 Å². The molecule has 0 fully saturated rings. The fourth-order valence-corrected chi connectivity index (χ4v) is 3.31. The van der Waals surface area contributed by atoms with Gasteiger partial charge in [-0.3, -0.25) is 28.0 Å². The van der Waals surface area contributed by atoms with Crippen LogP contribution in [0.4, 0.5) is 0 Å². The summed E-state index contributed by atoms with van der Waals surface area (Å²) in [4.78, 5) is 32.1. The van der Waals surface area contributed by atoms with Gasteiger partial charge in [0.25, 0.3) is 0 Å². The number of hydrogen-bond donors (Lipinski definition) is 0. The minimum Gasteiger partial charge on any atom is -0.461 e. The van der Waals surface area contributed by atoms with Crippen molar-refractivity contribution in [3.05, 3.63) is 71.0 Å². The van der Waals surface area contributed by atoms with E-state index in [2.05, 4.69) is 0 Å². The molecule has 0 aliphatic rings. The maximum atomic E-state index is 13.0. The van der Waals surface area contributed by atoms with Crippen molar-refractivity contribution in [2.24, 2.45) is 0 Å². The molecule has 3 rings (SSSR count). The Morgan fingerprint density at radius 1 is 0.655 bits per heavy atom. The molecular weight excluding hydrogens is 407 g/mol. The summed E-state index contributed by atoms with van der Waals surface area (Å²) in [6.07, 6.45) is 5.36. The van der Waals surface area contributed by atoms with Crippen molar-refractivity contribution in [1.29, 1.82) is 0 Å². The first-order chi connectivity index (χ1) is 14.0. The molecule has 0 N–H and O–H groups in total. The summed E-state index contributed by atoms with van der Waals surface area (Å²) in [5, 5.41) is 0. The van der Waals surface area contributed by atoms with Gasteiger partial charge >= 0.3 is 7.82 Å². The molecule has 152 valence electrons. The molecule has 0 radical (unpaired) electrons. The van der Waals surface area contributed by atoms with Crippen molar-refractivity contribution in [2.75, 3.05) is 0 Å². The Balaban J connectivity index is 1.67. The summed E-state index contributed by atoms with van der Waals surface area (Å²) in [6.45, 7) is -0.653. The lowest BCUT2D eigenvalue weighted by Crippen LogP contribution is -2.01. The highest BCUT2D eigenvalue weighted by atomic mass is 31.2. The van der Waals surface area contributed by atoms with Crippen LogP contribution >= 0.6 is 7.82 Å². The highest BCUT2D eigenvalue weighted by Gasteiger charge is 2.28. The fourth-order valence-electron chi connectivity index (χ4n) is 2.17. The average Bonchev–Trinajstić information content (AvgIpc) is 3.49. The molecule has 0 saturated heterocycles. The van der Waals surface area contributed by atoms with Crippen LogP contribution in [-0.2, 0) is 38.0 Å². The second-order valence-electron chi connectivity index (χ2n) is 5.69. The van der Waals surface area contributed by atoms with Gasteiger partial charge in [0.1, 0.15) is 0 Å². The molecule has 0 spiro atoms. The quantitative estimate of drug-likeness (QED) is 0.312. The van der Waals surface area contributed by atoms with Gasteiger partial charge in [-0.1, -0.05) is 0 Å². The van der Waals surface area contributed by atoms with E-state index >= 15 is 0 Å². The molecule has 3 aromatic heterocycles. The van der Waals surface area contributed by atoms with E-state index < -0.39 is 7.82 Å². The summed E-state index contributed by atoms with van der Waals surface area (Å²) in [5.41, 5.74) is 1.33. The number of phosphoric acid groups is 1. The molecular formula is C18H15O10P. The van der Waals surface area contributed by atoms with Gasteiger partial charge in [0, 0.05) is 16.7 Å². The zero-order chi connectivity index (χ0) is 20.7. The molecule has 10 nitrogen and oxygen atoms in total. The van der Waals surface area contributed by atoms with E-state index in [9.17, 15) is 18.9 Å². The van der Waals surface area contributed by atoms with Gasteiger partial charge in [-0.05, 0) is 18.2 Å². The van der Waals surface area contributed by atoms with Gasteiger partial charge in [-0.15, -0.1) is 0 Å². The smallest absolute Gasteiger partial charge is 0.461 e. The molecule has 0 aromatic carbocycles. The van der Waals surface area contributed by atoms with Gasteiger partial charge in [0.2, 0.25) is 0 Å². The number of hydrogen-bond acceptors (Lipinski definition) is 10. The van der Waals surface area contributed by atoms with Crippen molar-refractivity contribution in [3.8, 4) is 0 Å². The Kier molecular flexibility index (Phi) is 6.73. The lowest BCUT2D eigenvalue weighted by molar-refractivity contribution is 0.0973. The lowest BCUT2D eigenvalue weighted by atomic mass is 10.3. The number of rotatable bonds is 12. The predicted octanol–water partition coefficient (Wildman–Crippen LogP) is 3.96. The van der Waals surface area contributed by atoms with E-state index in [1.54, 1.807) is 0 Å². The van der Waals surface area contributed by atoms with Crippen LogP contribution in [0.5, 0.6) is 0 Å². The first-order valence-corrected chi connectivity index (χ1v) is 9.61. The van der Waals surface area contributed by atoms with Gasteiger partial charge in [0.05, 0.1) is 38.6 Å². The van der Waals surface area contributed by atoms with Crippen molar-refractivity contribution in [2.45, 2.75) is 19.8 Å². The van der Waals surface area contributed by atoms with Crippen molar-refractivity contribution in [3.63, 3.8) is 0 Å². The highest BCUT2D eigenvalue weighted by molar-refractivity contribution is 7.48. The maximum absolute atomic E-state index is 13.0. The average molecular weight is 422 g/mol. The second kappa shape index (κ2) is 9.44. The van der Waals surface area contributed by atoms with Gasteiger partial charge in [0.15, 0.2) is 36.1 Å². The Bertz CT molecular complexity index is 898. The normalized spacial score (nSPS) is 11.4. The summed E-state index contributed by atoms with van der Waals surface area (Å²) < 4.78 is 43.8. The van der Waals surface area contributed by atoms with Crippen molar-refractivity contribution >= 4 is 26.7 Å². The van der Waals surface area contributed by atoms with E-state index in [-0.39, 0.29) is 37.1 Å². The SMILES string of the molecule is O=Cc1cc(COP(=O)(OCc2coc(C=O)c2)OCc2coc(C=O)c2)co1. The zero-order valence-corrected chi connectivity index (χ0v) is 15.7.